The van der Waals surface area contributed by atoms with Crippen LogP contribution in [0.25, 0.3) is 10.8 Å². The van der Waals surface area contributed by atoms with Crippen molar-refractivity contribution in [2.75, 3.05) is 6.61 Å². The van der Waals surface area contributed by atoms with Crippen LogP contribution in [0.15, 0.2) is 64.3 Å². The maximum atomic E-state index is 5.95. The zero-order valence-corrected chi connectivity index (χ0v) is 12.6. The van der Waals surface area contributed by atoms with Crippen molar-refractivity contribution in [3.8, 4) is 5.75 Å². The summed E-state index contributed by atoms with van der Waals surface area (Å²) < 4.78 is 5.95. The first kappa shape index (κ1) is 13.3. The summed E-state index contributed by atoms with van der Waals surface area (Å²) in [4.78, 5) is 1.42. The Morgan fingerprint density at radius 3 is 2.45 bits per heavy atom. The van der Waals surface area contributed by atoms with Crippen LogP contribution in [0.5, 0.6) is 5.75 Å². The van der Waals surface area contributed by atoms with Gasteiger partial charge in [0.2, 0.25) is 0 Å². The molecule has 0 aliphatic carbocycles. The lowest BCUT2D eigenvalue weighted by Gasteiger charge is -2.16. The Morgan fingerprint density at radius 1 is 0.950 bits per heavy atom. The molecule has 0 radical (unpaired) electrons. The molecule has 0 spiro atoms. The summed E-state index contributed by atoms with van der Waals surface area (Å²) in [6.07, 6.45) is 6.56. The summed E-state index contributed by atoms with van der Waals surface area (Å²) in [6, 6.07) is 12.9. The normalized spacial score (nSPS) is 15.2. The van der Waals surface area contributed by atoms with E-state index in [-0.39, 0.29) is 10.9 Å². The summed E-state index contributed by atoms with van der Waals surface area (Å²) >= 11 is 0. The van der Waals surface area contributed by atoms with Gasteiger partial charge in [0.25, 0.3) is 0 Å². The van der Waals surface area contributed by atoms with Crippen molar-refractivity contribution in [1.82, 2.24) is 0 Å². The van der Waals surface area contributed by atoms with Gasteiger partial charge in [-0.25, -0.2) is 0 Å². The van der Waals surface area contributed by atoms with Crippen LogP contribution in [0, 0.1) is 0 Å². The standard InChI is InChI=1S/C18H20OS/c1-2-3-12-19-17-10-11-18(20-13-6-7-14-20)16-9-5-4-8-15(16)17/h4-11,13-14,20H,2-3,12H2,1H3. The van der Waals surface area contributed by atoms with E-state index in [1.807, 2.05) is 0 Å². The second-order valence-corrected chi connectivity index (χ2v) is 6.81. The van der Waals surface area contributed by atoms with Crippen LogP contribution < -0.4 is 4.74 Å². The molecule has 2 heteroatoms. The van der Waals surface area contributed by atoms with Crippen molar-refractivity contribution in [3.63, 3.8) is 0 Å². The van der Waals surface area contributed by atoms with Gasteiger partial charge in [-0.2, -0.15) is 10.9 Å². The van der Waals surface area contributed by atoms with Gasteiger partial charge < -0.3 is 4.74 Å². The molecule has 104 valence electrons. The first-order valence-corrected chi connectivity index (χ1v) is 8.66. The molecule has 0 unspecified atom stereocenters. The number of hydrogen-bond acceptors (Lipinski definition) is 1. The minimum atomic E-state index is -0.285. The zero-order chi connectivity index (χ0) is 13.8. The number of fused-ring (bicyclic) bond motifs is 1. The van der Waals surface area contributed by atoms with Crippen molar-refractivity contribution < 1.29 is 4.74 Å². The van der Waals surface area contributed by atoms with Crippen LogP contribution in [0.3, 0.4) is 0 Å². The summed E-state index contributed by atoms with van der Waals surface area (Å²) in [5, 5.41) is 7.16. The van der Waals surface area contributed by atoms with Crippen molar-refractivity contribution in [2.45, 2.75) is 24.7 Å². The summed E-state index contributed by atoms with van der Waals surface area (Å²) in [5.74, 6) is 1.01. The number of allylic oxidation sites excluding steroid dienone is 2. The van der Waals surface area contributed by atoms with Crippen LogP contribution >= 0.6 is 10.9 Å². The Hall–Kier alpha value is -1.67. The van der Waals surface area contributed by atoms with Crippen molar-refractivity contribution in [3.05, 3.63) is 59.4 Å². The molecule has 1 nitrogen and oxygen atoms in total. The second-order valence-electron chi connectivity index (χ2n) is 4.92. The fourth-order valence-electron chi connectivity index (χ4n) is 2.43. The van der Waals surface area contributed by atoms with Gasteiger partial charge >= 0.3 is 0 Å². The molecular weight excluding hydrogens is 264 g/mol. The molecule has 0 aromatic heterocycles. The molecule has 3 rings (SSSR count). The van der Waals surface area contributed by atoms with Crippen molar-refractivity contribution >= 4 is 21.7 Å². The van der Waals surface area contributed by atoms with Crippen LogP contribution in [0.2, 0.25) is 0 Å². The molecule has 0 saturated carbocycles. The first-order valence-electron chi connectivity index (χ1n) is 7.18. The highest BCUT2D eigenvalue weighted by Gasteiger charge is 2.10. The van der Waals surface area contributed by atoms with Crippen LogP contribution in [0.4, 0.5) is 0 Å². The largest absolute Gasteiger partial charge is 0.493 e. The fourth-order valence-corrected chi connectivity index (χ4v) is 4.14. The van der Waals surface area contributed by atoms with Gasteiger partial charge in [-0.3, -0.25) is 0 Å². The third-order valence-electron chi connectivity index (χ3n) is 3.50. The average Bonchev–Trinajstić information content (AvgIpc) is 3.01. The Morgan fingerprint density at radius 2 is 1.70 bits per heavy atom. The van der Waals surface area contributed by atoms with E-state index >= 15 is 0 Å². The first-order chi connectivity index (χ1) is 9.90. The Labute approximate surface area is 123 Å². The molecule has 2 aromatic carbocycles. The highest BCUT2D eigenvalue weighted by Crippen LogP contribution is 2.46. The molecule has 0 amide bonds. The van der Waals surface area contributed by atoms with E-state index in [1.54, 1.807) is 0 Å². The van der Waals surface area contributed by atoms with E-state index in [1.165, 1.54) is 15.7 Å². The molecule has 0 atom stereocenters. The highest BCUT2D eigenvalue weighted by atomic mass is 32.2. The van der Waals surface area contributed by atoms with Gasteiger partial charge in [-0.05, 0) is 34.8 Å². The molecule has 0 fully saturated rings. The number of ether oxygens (including phenoxy) is 1. The maximum absolute atomic E-state index is 5.95. The molecule has 2 aromatic rings. The van der Waals surface area contributed by atoms with E-state index in [0.29, 0.717) is 0 Å². The minimum absolute atomic E-state index is 0.285. The Bertz CT molecular complexity index is 646. The Kier molecular flexibility index (Phi) is 4.12. The lowest BCUT2D eigenvalue weighted by Crippen LogP contribution is -1.97. The Balaban J connectivity index is 2.01. The quantitative estimate of drug-likeness (QED) is 0.569. The molecule has 1 heterocycles. The highest BCUT2D eigenvalue weighted by molar-refractivity contribution is 8.22. The van der Waals surface area contributed by atoms with E-state index < -0.39 is 0 Å². The van der Waals surface area contributed by atoms with Crippen molar-refractivity contribution in [2.24, 2.45) is 0 Å². The van der Waals surface area contributed by atoms with Crippen molar-refractivity contribution in [1.29, 1.82) is 0 Å². The van der Waals surface area contributed by atoms with Crippen LogP contribution in [0.1, 0.15) is 19.8 Å². The lowest BCUT2D eigenvalue weighted by atomic mass is 10.1. The fraction of sp³-hybridized carbons (Fsp3) is 0.222. The summed E-state index contributed by atoms with van der Waals surface area (Å²) in [5.41, 5.74) is 0. The number of rotatable bonds is 5. The average molecular weight is 284 g/mol. The minimum Gasteiger partial charge on any atom is -0.493 e. The summed E-state index contributed by atoms with van der Waals surface area (Å²) in [6.45, 7) is 2.99. The lowest BCUT2D eigenvalue weighted by molar-refractivity contribution is 0.313. The van der Waals surface area contributed by atoms with Gasteiger partial charge in [0.05, 0.1) is 6.61 Å². The smallest absolute Gasteiger partial charge is 0.127 e. The van der Waals surface area contributed by atoms with E-state index in [2.05, 4.69) is 66.3 Å². The number of thiol groups is 1. The molecule has 1 aliphatic rings. The van der Waals surface area contributed by atoms with Gasteiger partial charge in [0.15, 0.2) is 0 Å². The SMILES string of the molecule is CCCCOc1ccc([SH]2C=CC=C2)c2ccccc12. The predicted molar refractivity (Wildman–Crippen MR) is 89.9 cm³/mol. The number of unbranched alkanes of at least 4 members (excludes halogenated alkanes) is 1. The predicted octanol–water partition coefficient (Wildman–Crippen LogP) is 5.42. The van der Waals surface area contributed by atoms with E-state index in [4.69, 9.17) is 4.74 Å². The van der Waals surface area contributed by atoms with E-state index in [0.717, 1.165) is 25.2 Å². The molecule has 0 N–H and O–H groups in total. The van der Waals surface area contributed by atoms with Gasteiger partial charge in [-0.1, -0.05) is 49.8 Å². The molecule has 0 bridgehead atoms. The molecule has 1 aliphatic heterocycles. The molecule has 20 heavy (non-hydrogen) atoms. The monoisotopic (exact) mass is 284 g/mol. The third-order valence-corrected chi connectivity index (χ3v) is 5.43. The molecular formula is C18H20OS. The van der Waals surface area contributed by atoms with E-state index in [9.17, 15) is 0 Å². The van der Waals surface area contributed by atoms with Crippen LogP contribution in [-0.2, 0) is 0 Å². The van der Waals surface area contributed by atoms with Crippen LogP contribution in [-0.4, -0.2) is 6.61 Å². The maximum Gasteiger partial charge on any atom is 0.127 e. The second kappa shape index (κ2) is 6.19. The zero-order valence-electron chi connectivity index (χ0n) is 11.8. The number of benzene rings is 2. The van der Waals surface area contributed by atoms with Gasteiger partial charge in [0.1, 0.15) is 5.75 Å². The van der Waals surface area contributed by atoms with Gasteiger partial charge in [0, 0.05) is 10.3 Å². The van der Waals surface area contributed by atoms with Gasteiger partial charge in [-0.15, -0.1) is 0 Å². The third kappa shape index (κ3) is 2.61. The topological polar surface area (TPSA) is 9.23 Å². The number of hydrogen-bond donors (Lipinski definition) is 1. The summed E-state index contributed by atoms with van der Waals surface area (Å²) in [7, 11) is -0.285. The molecule has 0 saturated heterocycles.